The van der Waals surface area contributed by atoms with Gasteiger partial charge >= 0.3 is 0 Å². The smallest absolute Gasteiger partial charge is 0.238 e. The predicted molar refractivity (Wildman–Crippen MR) is 94.8 cm³/mol. The van der Waals surface area contributed by atoms with Gasteiger partial charge in [-0.25, -0.2) is 0 Å². The highest BCUT2D eigenvalue weighted by molar-refractivity contribution is 7.80. The van der Waals surface area contributed by atoms with Gasteiger partial charge < -0.3 is 10.2 Å². The van der Waals surface area contributed by atoms with Gasteiger partial charge in [0.25, 0.3) is 0 Å². The van der Waals surface area contributed by atoms with Crippen LogP contribution in [0.4, 0.5) is 0 Å². The maximum atomic E-state index is 12.3. The van der Waals surface area contributed by atoms with E-state index in [1.54, 1.807) is 0 Å². The molecule has 0 aliphatic heterocycles. The molecule has 0 radical (unpaired) electrons. The van der Waals surface area contributed by atoms with Gasteiger partial charge in [-0.1, -0.05) is 0 Å². The molecule has 6 heteroatoms. The third-order valence-corrected chi connectivity index (χ3v) is 6.17. The van der Waals surface area contributed by atoms with Gasteiger partial charge in [0.05, 0.1) is 27.2 Å². The molecular weight excluding hydrogens is 308 g/mol. The molecule has 4 bridgehead atoms. The summed E-state index contributed by atoms with van der Waals surface area (Å²) in [6, 6.07) is 0. The number of hydrogen-bond acceptors (Lipinski definition) is 2. The molecule has 1 amide bonds. The monoisotopic (exact) mass is 339 g/mol. The van der Waals surface area contributed by atoms with Gasteiger partial charge in [-0.3, -0.25) is 15.6 Å². The number of rotatable bonds is 5. The van der Waals surface area contributed by atoms with E-state index in [1.165, 1.54) is 43.4 Å². The van der Waals surface area contributed by atoms with Crippen molar-refractivity contribution in [3.63, 3.8) is 0 Å². The molecule has 0 aromatic heterocycles. The van der Waals surface area contributed by atoms with Crippen LogP contribution >= 0.6 is 12.2 Å². The Morgan fingerprint density at radius 1 is 1.09 bits per heavy atom. The summed E-state index contributed by atoms with van der Waals surface area (Å²) < 4.78 is 0. The lowest BCUT2D eigenvalue weighted by Gasteiger charge is -2.56. The summed E-state index contributed by atoms with van der Waals surface area (Å²) in [4.78, 5) is 13.7. The zero-order valence-corrected chi connectivity index (χ0v) is 15.2. The van der Waals surface area contributed by atoms with Crippen molar-refractivity contribution in [3.8, 4) is 0 Å². The lowest BCUT2D eigenvalue weighted by Crippen LogP contribution is -3.06. The molecule has 4 fully saturated rings. The maximum absolute atomic E-state index is 12.3. The third kappa shape index (κ3) is 4.35. The van der Waals surface area contributed by atoms with Crippen LogP contribution in [-0.4, -0.2) is 38.2 Å². The van der Waals surface area contributed by atoms with Gasteiger partial charge in [-0.15, -0.1) is 0 Å². The highest BCUT2D eigenvalue weighted by Crippen LogP contribution is 2.61. The zero-order chi connectivity index (χ0) is 16.4. The Labute approximate surface area is 144 Å². The minimum atomic E-state index is 0.0920. The molecule has 0 saturated heterocycles. The SMILES string of the molecule is C[NH+](C)CCNC(=S)NNC(=O)CC12CC3CC(CC(C3)C1)C2. The first-order valence-corrected chi connectivity index (χ1v) is 9.47. The van der Waals surface area contributed by atoms with E-state index < -0.39 is 0 Å². The van der Waals surface area contributed by atoms with Gasteiger partial charge in [-0.05, 0) is 73.9 Å². The van der Waals surface area contributed by atoms with Crippen molar-refractivity contribution in [3.05, 3.63) is 0 Å². The average Bonchev–Trinajstić information content (AvgIpc) is 2.42. The number of quaternary nitrogens is 1. The highest BCUT2D eigenvalue weighted by Gasteiger charge is 2.51. The van der Waals surface area contributed by atoms with Crippen LogP contribution in [0.25, 0.3) is 0 Å². The van der Waals surface area contributed by atoms with Crippen molar-refractivity contribution in [1.29, 1.82) is 0 Å². The van der Waals surface area contributed by atoms with Gasteiger partial charge in [0, 0.05) is 6.42 Å². The molecule has 0 heterocycles. The Hall–Kier alpha value is -0.880. The average molecular weight is 340 g/mol. The topological polar surface area (TPSA) is 57.6 Å². The van der Waals surface area contributed by atoms with E-state index in [0.29, 0.717) is 11.5 Å². The first-order chi connectivity index (χ1) is 10.9. The van der Waals surface area contributed by atoms with Gasteiger partial charge in [-0.2, -0.15) is 0 Å². The van der Waals surface area contributed by atoms with E-state index in [-0.39, 0.29) is 11.3 Å². The second-order valence-electron chi connectivity index (χ2n) is 8.48. The Balaban J connectivity index is 1.40. The molecule has 4 aliphatic rings. The third-order valence-electron chi connectivity index (χ3n) is 5.93. The number of carbonyl (C=O) groups excluding carboxylic acids is 1. The fourth-order valence-corrected chi connectivity index (χ4v) is 5.64. The molecule has 0 unspecified atom stereocenters. The minimum Gasteiger partial charge on any atom is -0.356 e. The van der Waals surface area contributed by atoms with E-state index in [0.717, 1.165) is 30.8 Å². The molecule has 23 heavy (non-hydrogen) atoms. The van der Waals surface area contributed by atoms with Crippen molar-refractivity contribution < 1.29 is 9.69 Å². The van der Waals surface area contributed by atoms with E-state index in [2.05, 4.69) is 30.3 Å². The number of likely N-dealkylation sites (N-methyl/N-ethyl adjacent to an activating group) is 1. The van der Waals surface area contributed by atoms with Crippen LogP contribution in [0.2, 0.25) is 0 Å². The van der Waals surface area contributed by atoms with Crippen LogP contribution in [-0.2, 0) is 4.79 Å². The number of thiocarbonyl (C=S) groups is 1. The molecule has 5 nitrogen and oxygen atoms in total. The van der Waals surface area contributed by atoms with E-state index >= 15 is 0 Å². The molecular formula is C17H31N4OS+. The summed E-state index contributed by atoms with van der Waals surface area (Å²) in [5.74, 6) is 2.75. The Bertz CT molecular complexity index is 430. The molecule has 4 saturated carbocycles. The summed E-state index contributed by atoms with van der Waals surface area (Å²) in [6.07, 6.45) is 8.71. The van der Waals surface area contributed by atoms with Gasteiger partial charge in [0.15, 0.2) is 5.11 Å². The highest BCUT2D eigenvalue weighted by atomic mass is 32.1. The van der Waals surface area contributed by atoms with Crippen molar-refractivity contribution in [1.82, 2.24) is 16.2 Å². The van der Waals surface area contributed by atoms with Gasteiger partial charge in [0.2, 0.25) is 5.91 Å². The standard InChI is InChI=1S/C17H30N4OS/c1-21(2)4-3-18-16(23)20-19-15(22)11-17-8-12-5-13(9-17)7-14(6-12)10-17/h12-14H,3-11H2,1-2H3,(H,19,22)(H2,18,20,23)/p+1. The van der Waals surface area contributed by atoms with Crippen LogP contribution in [0.15, 0.2) is 0 Å². The molecule has 0 aromatic rings. The van der Waals surface area contributed by atoms with E-state index in [1.807, 2.05) is 0 Å². The number of hydrogen-bond donors (Lipinski definition) is 4. The summed E-state index contributed by atoms with van der Waals surface area (Å²) in [5.41, 5.74) is 5.93. The molecule has 4 aliphatic carbocycles. The van der Waals surface area contributed by atoms with Crippen molar-refractivity contribution in [2.75, 3.05) is 27.2 Å². The first-order valence-electron chi connectivity index (χ1n) is 9.06. The lowest BCUT2D eigenvalue weighted by molar-refractivity contribution is -0.856. The summed E-state index contributed by atoms with van der Waals surface area (Å²) in [7, 11) is 4.21. The fourth-order valence-electron chi connectivity index (χ4n) is 5.49. The predicted octanol–water partition coefficient (Wildman–Crippen LogP) is 0.233. The van der Waals surface area contributed by atoms with Crippen LogP contribution in [0, 0.1) is 23.2 Å². The quantitative estimate of drug-likeness (QED) is 0.428. The maximum Gasteiger partial charge on any atom is 0.238 e. The Morgan fingerprint density at radius 3 is 2.17 bits per heavy atom. The largest absolute Gasteiger partial charge is 0.356 e. The molecule has 0 aromatic carbocycles. The Morgan fingerprint density at radius 2 is 1.65 bits per heavy atom. The van der Waals surface area contributed by atoms with Crippen LogP contribution < -0.4 is 21.1 Å². The van der Waals surface area contributed by atoms with Crippen molar-refractivity contribution >= 4 is 23.2 Å². The molecule has 0 spiro atoms. The summed E-state index contributed by atoms with van der Waals surface area (Å²) in [6.45, 7) is 1.79. The molecule has 4 rings (SSSR count). The lowest BCUT2D eigenvalue weighted by atomic mass is 9.49. The Kier molecular flexibility index (Phi) is 5.11. The second kappa shape index (κ2) is 6.93. The molecule has 4 N–H and O–H groups in total. The van der Waals surface area contributed by atoms with Crippen LogP contribution in [0.1, 0.15) is 44.9 Å². The summed E-state index contributed by atoms with van der Waals surface area (Å²) >= 11 is 5.19. The zero-order valence-electron chi connectivity index (χ0n) is 14.4. The normalized spacial score (nSPS) is 34.5. The number of nitrogens with one attached hydrogen (secondary N) is 4. The van der Waals surface area contributed by atoms with Crippen LogP contribution in [0.3, 0.4) is 0 Å². The van der Waals surface area contributed by atoms with Crippen molar-refractivity contribution in [2.45, 2.75) is 44.9 Å². The number of carbonyl (C=O) groups is 1. The van der Waals surface area contributed by atoms with Crippen molar-refractivity contribution in [2.24, 2.45) is 23.2 Å². The van der Waals surface area contributed by atoms with Crippen LogP contribution in [0.5, 0.6) is 0 Å². The van der Waals surface area contributed by atoms with Gasteiger partial charge in [0.1, 0.15) is 0 Å². The minimum absolute atomic E-state index is 0.0920. The van der Waals surface area contributed by atoms with E-state index in [4.69, 9.17) is 12.2 Å². The molecule has 0 atom stereocenters. The number of hydrazine groups is 1. The van der Waals surface area contributed by atoms with E-state index in [9.17, 15) is 4.79 Å². The first kappa shape index (κ1) is 17.0. The number of amides is 1. The fraction of sp³-hybridized carbons (Fsp3) is 0.882. The second-order valence-corrected chi connectivity index (χ2v) is 8.89. The molecule has 130 valence electrons. The summed E-state index contributed by atoms with van der Waals surface area (Å²) in [5, 5.41) is 3.62.